The molecule has 2 heterocycles. The Morgan fingerprint density at radius 1 is 1.16 bits per heavy atom. The lowest BCUT2D eigenvalue weighted by Gasteiger charge is -2.26. The van der Waals surface area contributed by atoms with Crippen molar-refractivity contribution in [2.45, 2.75) is 10.6 Å². The molecule has 1 aliphatic rings. The highest BCUT2D eigenvalue weighted by atomic mass is 32.2. The van der Waals surface area contributed by atoms with Crippen molar-refractivity contribution in [2.24, 2.45) is 0 Å². The van der Waals surface area contributed by atoms with E-state index in [1.54, 1.807) is 18.0 Å². The van der Waals surface area contributed by atoms with Gasteiger partial charge in [-0.05, 0) is 36.4 Å². The maximum atomic E-state index is 11.9. The van der Waals surface area contributed by atoms with E-state index in [1.807, 2.05) is 36.4 Å². The van der Waals surface area contributed by atoms with E-state index in [0.29, 0.717) is 6.54 Å². The quantitative estimate of drug-likeness (QED) is 0.742. The molecule has 6 nitrogen and oxygen atoms in total. The van der Waals surface area contributed by atoms with Gasteiger partial charge in [0.2, 0.25) is 0 Å². The molecule has 3 rings (SSSR count). The summed E-state index contributed by atoms with van der Waals surface area (Å²) in [4.78, 5) is 15.4. The highest BCUT2D eigenvalue weighted by molar-refractivity contribution is 7.98. The molecular formula is C18H23N3O3S. The van der Waals surface area contributed by atoms with Gasteiger partial charge in [0.1, 0.15) is 5.76 Å². The summed E-state index contributed by atoms with van der Waals surface area (Å²) in [7, 11) is 0. The van der Waals surface area contributed by atoms with E-state index < -0.39 is 0 Å². The summed E-state index contributed by atoms with van der Waals surface area (Å²) in [5.74, 6) is 1.74. The van der Waals surface area contributed by atoms with E-state index in [4.69, 9.17) is 9.15 Å². The molecule has 0 spiro atoms. The molecule has 1 aromatic heterocycles. The molecule has 1 aliphatic heterocycles. The lowest BCUT2D eigenvalue weighted by atomic mass is 10.3. The van der Waals surface area contributed by atoms with E-state index in [1.165, 1.54) is 0 Å². The molecule has 2 aromatic rings. The highest BCUT2D eigenvalue weighted by Gasteiger charge is 2.10. The van der Waals surface area contributed by atoms with Gasteiger partial charge in [-0.2, -0.15) is 0 Å². The predicted octanol–water partition coefficient (Wildman–Crippen LogP) is 3.03. The monoisotopic (exact) mass is 361 g/mol. The van der Waals surface area contributed by atoms with E-state index in [-0.39, 0.29) is 6.03 Å². The number of morpholine rings is 1. The lowest BCUT2D eigenvalue weighted by Crippen LogP contribution is -2.42. The average Bonchev–Trinajstić information content (AvgIpc) is 3.16. The highest BCUT2D eigenvalue weighted by Crippen LogP contribution is 2.24. The van der Waals surface area contributed by atoms with E-state index in [0.717, 1.165) is 54.9 Å². The number of nitrogens with one attached hydrogen (secondary N) is 2. The number of benzene rings is 1. The van der Waals surface area contributed by atoms with Crippen molar-refractivity contribution >= 4 is 23.5 Å². The smallest absolute Gasteiger partial charge is 0.319 e. The summed E-state index contributed by atoms with van der Waals surface area (Å²) in [6, 6.07) is 11.5. The Hall–Kier alpha value is -1.96. The SMILES string of the molecule is O=C(NCCN1CCOCC1)Nc1ccc(SCc2ccco2)cc1. The molecular weight excluding hydrogens is 338 g/mol. The Morgan fingerprint density at radius 2 is 1.96 bits per heavy atom. The van der Waals surface area contributed by atoms with Crippen molar-refractivity contribution in [1.29, 1.82) is 0 Å². The molecule has 0 saturated carbocycles. The van der Waals surface area contributed by atoms with Crippen LogP contribution in [-0.2, 0) is 10.5 Å². The third-order valence-corrected chi connectivity index (χ3v) is 4.93. The van der Waals surface area contributed by atoms with Gasteiger partial charge in [-0.3, -0.25) is 4.90 Å². The Labute approximate surface area is 151 Å². The van der Waals surface area contributed by atoms with Crippen molar-refractivity contribution < 1.29 is 13.9 Å². The molecule has 2 N–H and O–H groups in total. The van der Waals surface area contributed by atoms with Crippen LogP contribution >= 0.6 is 11.8 Å². The zero-order valence-corrected chi connectivity index (χ0v) is 14.9. The van der Waals surface area contributed by atoms with Gasteiger partial charge in [0, 0.05) is 36.8 Å². The van der Waals surface area contributed by atoms with Gasteiger partial charge in [0.15, 0.2) is 0 Å². The van der Waals surface area contributed by atoms with Gasteiger partial charge in [0.05, 0.1) is 25.2 Å². The van der Waals surface area contributed by atoms with Gasteiger partial charge < -0.3 is 19.8 Å². The first-order valence-electron chi connectivity index (χ1n) is 8.40. The zero-order chi connectivity index (χ0) is 17.3. The summed E-state index contributed by atoms with van der Waals surface area (Å²) in [5, 5.41) is 5.74. The molecule has 1 saturated heterocycles. The minimum Gasteiger partial charge on any atom is -0.468 e. The fourth-order valence-corrected chi connectivity index (χ4v) is 3.31. The van der Waals surface area contributed by atoms with Gasteiger partial charge in [0.25, 0.3) is 0 Å². The molecule has 25 heavy (non-hydrogen) atoms. The molecule has 2 amide bonds. The minimum atomic E-state index is -0.177. The van der Waals surface area contributed by atoms with E-state index in [2.05, 4.69) is 15.5 Å². The molecule has 134 valence electrons. The Bertz CT molecular complexity index is 640. The first kappa shape index (κ1) is 17.8. The summed E-state index contributed by atoms with van der Waals surface area (Å²) < 4.78 is 10.6. The predicted molar refractivity (Wildman–Crippen MR) is 99.0 cm³/mol. The first-order chi connectivity index (χ1) is 12.3. The third-order valence-electron chi connectivity index (χ3n) is 3.89. The number of hydrogen-bond donors (Lipinski definition) is 2. The maximum absolute atomic E-state index is 11.9. The third kappa shape index (κ3) is 6.12. The summed E-state index contributed by atoms with van der Waals surface area (Å²) >= 11 is 1.70. The number of ether oxygens (including phenoxy) is 1. The number of nitrogens with zero attached hydrogens (tertiary/aromatic N) is 1. The Morgan fingerprint density at radius 3 is 2.68 bits per heavy atom. The number of urea groups is 1. The summed E-state index contributed by atoms with van der Waals surface area (Å²) in [6.45, 7) is 4.88. The number of carbonyl (C=O) groups is 1. The maximum Gasteiger partial charge on any atom is 0.319 e. The average molecular weight is 361 g/mol. The van der Waals surface area contributed by atoms with Crippen LogP contribution in [0.15, 0.2) is 52.0 Å². The molecule has 0 unspecified atom stereocenters. The minimum absolute atomic E-state index is 0.177. The Balaban J connectivity index is 1.36. The number of amides is 2. The van der Waals surface area contributed by atoms with Crippen molar-refractivity contribution in [3.8, 4) is 0 Å². The lowest BCUT2D eigenvalue weighted by molar-refractivity contribution is 0.0388. The summed E-state index contributed by atoms with van der Waals surface area (Å²) in [5.41, 5.74) is 0.784. The second-order valence-corrected chi connectivity index (χ2v) is 6.78. The topological polar surface area (TPSA) is 66.7 Å². The number of rotatable bonds is 7. The number of anilines is 1. The number of thioether (sulfide) groups is 1. The molecule has 0 radical (unpaired) electrons. The number of carbonyl (C=O) groups excluding carboxylic acids is 1. The van der Waals surface area contributed by atoms with Gasteiger partial charge in [-0.1, -0.05) is 0 Å². The van der Waals surface area contributed by atoms with Crippen LogP contribution in [0, 0.1) is 0 Å². The summed E-state index contributed by atoms with van der Waals surface area (Å²) in [6.07, 6.45) is 1.68. The number of furan rings is 1. The first-order valence-corrected chi connectivity index (χ1v) is 9.38. The molecule has 1 aromatic carbocycles. The normalized spacial score (nSPS) is 15.0. The van der Waals surface area contributed by atoms with Crippen LogP contribution in [0.25, 0.3) is 0 Å². The molecule has 7 heteroatoms. The number of hydrogen-bond acceptors (Lipinski definition) is 5. The molecule has 0 aliphatic carbocycles. The van der Waals surface area contributed by atoms with Gasteiger partial charge in [-0.15, -0.1) is 11.8 Å². The standard InChI is InChI=1S/C18H23N3O3S/c22-18(19-7-8-21-9-12-23-13-10-21)20-15-3-5-17(6-4-15)25-14-16-2-1-11-24-16/h1-6,11H,7-10,12-14H2,(H2,19,20,22). The van der Waals surface area contributed by atoms with Gasteiger partial charge >= 0.3 is 6.03 Å². The van der Waals surface area contributed by atoms with Crippen LogP contribution in [0.3, 0.4) is 0 Å². The molecule has 0 atom stereocenters. The second kappa shape index (κ2) is 9.50. The van der Waals surface area contributed by atoms with Crippen molar-refractivity contribution in [3.05, 3.63) is 48.4 Å². The largest absolute Gasteiger partial charge is 0.468 e. The van der Waals surface area contributed by atoms with E-state index in [9.17, 15) is 4.79 Å². The Kier molecular flexibility index (Phi) is 6.79. The fraction of sp³-hybridized carbons (Fsp3) is 0.389. The van der Waals surface area contributed by atoms with Gasteiger partial charge in [-0.25, -0.2) is 4.79 Å². The fourth-order valence-electron chi connectivity index (χ4n) is 2.51. The van der Waals surface area contributed by atoms with Crippen LogP contribution in [-0.4, -0.2) is 50.3 Å². The van der Waals surface area contributed by atoms with Crippen LogP contribution in [0.4, 0.5) is 10.5 Å². The van der Waals surface area contributed by atoms with Crippen LogP contribution < -0.4 is 10.6 Å². The second-order valence-electron chi connectivity index (χ2n) is 5.73. The molecule has 1 fully saturated rings. The van der Waals surface area contributed by atoms with Crippen molar-refractivity contribution in [1.82, 2.24) is 10.2 Å². The van der Waals surface area contributed by atoms with Crippen LogP contribution in [0.1, 0.15) is 5.76 Å². The van der Waals surface area contributed by atoms with Crippen molar-refractivity contribution in [2.75, 3.05) is 44.7 Å². The molecule has 0 bridgehead atoms. The zero-order valence-electron chi connectivity index (χ0n) is 14.1. The van der Waals surface area contributed by atoms with E-state index >= 15 is 0 Å². The van der Waals surface area contributed by atoms with Crippen molar-refractivity contribution in [3.63, 3.8) is 0 Å². The van der Waals surface area contributed by atoms with Crippen LogP contribution in [0.5, 0.6) is 0 Å². The van der Waals surface area contributed by atoms with Crippen LogP contribution in [0.2, 0.25) is 0 Å².